The molecule has 33 heavy (non-hydrogen) atoms. The number of nitrogens with one attached hydrogen (secondary N) is 2. The third-order valence-electron chi connectivity index (χ3n) is 5.65. The van der Waals surface area contributed by atoms with Gasteiger partial charge in [-0.3, -0.25) is 5.32 Å². The van der Waals surface area contributed by atoms with Crippen LogP contribution in [0.5, 0.6) is 11.5 Å². The zero-order valence-corrected chi connectivity index (χ0v) is 19.4. The predicted octanol–water partition coefficient (Wildman–Crippen LogP) is 6.33. The van der Waals surface area contributed by atoms with Crippen molar-refractivity contribution in [3.8, 4) is 11.5 Å². The Bertz CT molecular complexity index is 1270. The van der Waals surface area contributed by atoms with Crippen LogP contribution in [-0.2, 0) is 21.7 Å². The minimum atomic E-state index is -0.805. The minimum absolute atomic E-state index is 0.493. The van der Waals surface area contributed by atoms with Crippen molar-refractivity contribution in [3.63, 3.8) is 0 Å². The second kappa shape index (κ2) is 7.86. The quantitative estimate of drug-likeness (QED) is 0.445. The van der Waals surface area contributed by atoms with Crippen molar-refractivity contribution in [1.82, 2.24) is 0 Å². The largest absolute Gasteiger partial charge is 0.456 e. The molecule has 7 heteroatoms. The Balaban J connectivity index is 1.62. The first kappa shape index (κ1) is 21.4. The van der Waals surface area contributed by atoms with Crippen LogP contribution in [0.1, 0.15) is 43.0 Å². The number of anilines is 2. The van der Waals surface area contributed by atoms with Crippen LogP contribution in [0.2, 0.25) is 0 Å². The highest BCUT2D eigenvalue weighted by atomic mass is 32.1. The van der Waals surface area contributed by atoms with Crippen LogP contribution in [0.15, 0.2) is 60.7 Å². The lowest BCUT2D eigenvalue weighted by Crippen LogP contribution is -2.32. The van der Waals surface area contributed by atoms with Gasteiger partial charge in [0.2, 0.25) is 0 Å². The zero-order valence-electron chi connectivity index (χ0n) is 18.6. The number of fused-ring (bicyclic) bond motifs is 6. The molecule has 168 valence electrons. The summed E-state index contributed by atoms with van der Waals surface area (Å²) in [5.41, 5.74) is 5.46. The van der Waals surface area contributed by atoms with Gasteiger partial charge in [0.15, 0.2) is 5.60 Å². The fourth-order valence-electron chi connectivity index (χ4n) is 4.41. The van der Waals surface area contributed by atoms with Crippen molar-refractivity contribution < 1.29 is 19.0 Å². The monoisotopic (exact) mass is 460 g/mol. The number of ether oxygens (including phenoxy) is 3. The van der Waals surface area contributed by atoms with Crippen LogP contribution in [0.4, 0.5) is 16.2 Å². The highest BCUT2D eigenvalue weighted by Crippen LogP contribution is 2.56. The molecule has 0 aromatic heterocycles. The highest BCUT2D eigenvalue weighted by molar-refractivity contribution is 7.79. The van der Waals surface area contributed by atoms with Gasteiger partial charge in [0.25, 0.3) is 0 Å². The Morgan fingerprint density at radius 1 is 1.00 bits per heavy atom. The van der Waals surface area contributed by atoms with Gasteiger partial charge < -0.3 is 19.5 Å². The van der Waals surface area contributed by atoms with Crippen LogP contribution < -0.4 is 15.4 Å². The number of carbonyl (C=O) groups is 1. The summed E-state index contributed by atoms with van der Waals surface area (Å²) in [5.74, 6) is 1.27. The third-order valence-corrected chi connectivity index (χ3v) is 5.77. The Kier molecular flexibility index (Phi) is 5.11. The lowest BCUT2D eigenvalue weighted by atomic mass is 9.77. The number of benzene rings is 3. The first-order chi connectivity index (χ1) is 15.8. The van der Waals surface area contributed by atoms with Crippen LogP contribution in [0, 0.1) is 0 Å². The van der Waals surface area contributed by atoms with E-state index in [1.54, 1.807) is 6.07 Å². The number of rotatable bonds is 3. The van der Waals surface area contributed by atoms with E-state index in [-0.39, 0.29) is 0 Å². The van der Waals surface area contributed by atoms with E-state index >= 15 is 0 Å². The molecule has 0 bridgehead atoms. The second-order valence-electron chi connectivity index (χ2n) is 9.04. The fourth-order valence-corrected chi connectivity index (χ4v) is 4.55. The minimum Gasteiger partial charge on any atom is -0.456 e. The maximum Gasteiger partial charge on any atom is 0.412 e. The van der Waals surface area contributed by atoms with Crippen molar-refractivity contribution in [3.05, 3.63) is 82.9 Å². The summed E-state index contributed by atoms with van der Waals surface area (Å²) < 4.78 is 18.3. The molecule has 1 atom stereocenters. The summed E-state index contributed by atoms with van der Waals surface area (Å²) in [4.78, 5) is 12.3. The van der Waals surface area contributed by atoms with E-state index in [1.807, 2.05) is 63.2 Å². The summed E-state index contributed by atoms with van der Waals surface area (Å²) in [6, 6.07) is 19.7. The molecule has 1 unspecified atom stereocenters. The average molecular weight is 461 g/mol. The smallest absolute Gasteiger partial charge is 0.412 e. The van der Waals surface area contributed by atoms with Crippen molar-refractivity contribution in [2.45, 2.75) is 38.6 Å². The molecule has 2 heterocycles. The molecule has 1 spiro atoms. The van der Waals surface area contributed by atoms with E-state index in [9.17, 15) is 4.79 Å². The molecular formula is C26H24N2O4S. The summed E-state index contributed by atoms with van der Waals surface area (Å²) >= 11 is 4.95. The Labute approximate surface area is 197 Å². The molecule has 0 radical (unpaired) electrons. The van der Waals surface area contributed by atoms with E-state index in [1.165, 1.54) is 5.49 Å². The third kappa shape index (κ3) is 3.73. The SMILES string of the molecule is CC(C)(C)OC(=O)Nc1ccc2c(c1)Oc1cc(NC=S)ccc1C21OCc2ccccc21. The van der Waals surface area contributed by atoms with E-state index in [4.69, 9.17) is 26.4 Å². The molecule has 0 fully saturated rings. The predicted molar refractivity (Wildman–Crippen MR) is 131 cm³/mol. The van der Waals surface area contributed by atoms with Crippen molar-refractivity contribution in [1.29, 1.82) is 0 Å². The molecule has 0 saturated carbocycles. The van der Waals surface area contributed by atoms with Gasteiger partial charge in [-0.05, 0) is 56.2 Å². The Morgan fingerprint density at radius 3 is 2.36 bits per heavy atom. The number of hydrogen-bond donors (Lipinski definition) is 2. The van der Waals surface area contributed by atoms with E-state index < -0.39 is 17.3 Å². The molecule has 0 aliphatic carbocycles. The van der Waals surface area contributed by atoms with Crippen LogP contribution in [-0.4, -0.2) is 17.2 Å². The van der Waals surface area contributed by atoms with Crippen LogP contribution in [0.25, 0.3) is 0 Å². The lowest BCUT2D eigenvalue weighted by Gasteiger charge is -2.37. The number of hydrogen-bond acceptors (Lipinski definition) is 5. The number of thiocarbonyl (C=S) groups is 1. The molecular weight excluding hydrogens is 436 g/mol. The maximum absolute atomic E-state index is 12.3. The summed E-state index contributed by atoms with van der Waals surface area (Å²) in [5, 5.41) is 5.82. The zero-order chi connectivity index (χ0) is 23.2. The van der Waals surface area contributed by atoms with Gasteiger partial charge in [0.05, 0.1) is 12.1 Å². The molecule has 2 aliphatic rings. The molecule has 6 nitrogen and oxygen atoms in total. The summed E-state index contributed by atoms with van der Waals surface area (Å²) in [7, 11) is 0. The molecule has 3 aromatic rings. The summed E-state index contributed by atoms with van der Waals surface area (Å²) in [6.07, 6.45) is -0.525. The normalized spacial score (nSPS) is 17.9. The molecule has 0 saturated heterocycles. The first-order valence-corrected chi connectivity index (χ1v) is 11.2. The first-order valence-electron chi connectivity index (χ1n) is 10.7. The van der Waals surface area contributed by atoms with Gasteiger partial charge in [-0.1, -0.05) is 36.5 Å². The van der Waals surface area contributed by atoms with Gasteiger partial charge in [-0.25, -0.2) is 4.79 Å². The van der Waals surface area contributed by atoms with Crippen molar-refractivity contribution >= 4 is 35.2 Å². The number of amides is 1. The van der Waals surface area contributed by atoms with Gasteiger partial charge in [0.1, 0.15) is 17.1 Å². The Morgan fingerprint density at radius 2 is 1.67 bits per heavy atom. The fraction of sp³-hybridized carbons (Fsp3) is 0.231. The van der Waals surface area contributed by atoms with Crippen LogP contribution >= 0.6 is 12.2 Å². The topological polar surface area (TPSA) is 68.8 Å². The number of carbonyl (C=O) groups excluding carboxylic acids is 1. The van der Waals surface area contributed by atoms with Gasteiger partial charge in [-0.2, -0.15) is 0 Å². The second-order valence-corrected chi connectivity index (χ2v) is 9.28. The van der Waals surface area contributed by atoms with Crippen molar-refractivity contribution in [2.24, 2.45) is 0 Å². The van der Waals surface area contributed by atoms with Gasteiger partial charge in [-0.15, -0.1) is 0 Å². The Hall–Kier alpha value is -3.42. The van der Waals surface area contributed by atoms with E-state index in [2.05, 4.69) is 22.8 Å². The summed E-state index contributed by atoms with van der Waals surface area (Å²) in [6.45, 7) is 5.96. The van der Waals surface area contributed by atoms with Gasteiger partial charge in [0, 0.05) is 34.6 Å². The molecule has 2 N–H and O–H groups in total. The average Bonchev–Trinajstić information content (AvgIpc) is 3.13. The molecule has 1 amide bonds. The molecule has 2 aliphatic heterocycles. The van der Waals surface area contributed by atoms with E-state index in [0.717, 1.165) is 27.9 Å². The molecule has 3 aromatic carbocycles. The lowest BCUT2D eigenvalue weighted by molar-refractivity contribution is 0.0200. The van der Waals surface area contributed by atoms with Crippen molar-refractivity contribution in [2.75, 3.05) is 10.6 Å². The van der Waals surface area contributed by atoms with Crippen LogP contribution in [0.3, 0.4) is 0 Å². The maximum atomic E-state index is 12.3. The molecule has 5 rings (SSSR count). The van der Waals surface area contributed by atoms with Gasteiger partial charge >= 0.3 is 6.09 Å². The standard InChI is InChI=1S/C26H24N2O4S/c1-25(2,3)32-24(29)28-18-9-11-21-23(13-18)31-22-12-17(27-15-33)8-10-20(22)26(21)19-7-5-4-6-16(19)14-30-26/h4-13,15H,14H2,1-3H3,(H,27,33)(H,28,29). The highest BCUT2D eigenvalue weighted by Gasteiger charge is 2.49. The van der Waals surface area contributed by atoms with E-state index in [0.29, 0.717) is 23.8 Å².